The van der Waals surface area contributed by atoms with Crippen molar-refractivity contribution in [2.24, 2.45) is 0 Å². The van der Waals surface area contributed by atoms with Crippen molar-refractivity contribution in [1.29, 1.82) is 5.26 Å². The van der Waals surface area contributed by atoms with E-state index in [1.807, 2.05) is 31.1 Å². The molecule has 1 aromatic heterocycles. The van der Waals surface area contributed by atoms with E-state index in [1.165, 1.54) is 11.3 Å². The van der Waals surface area contributed by atoms with Crippen molar-refractivity contribution in [3.8, 4) is 6.07 Å². The molecule has 118 valence electrons. The minimum atomic E-state index is -0.489. The van der Waals surface area contributed by atoms with Crippen LogP contribution >= 0.6 is 11.3 Å². The van der Waals surface area contributed by atoms with Gasteiger partial charge in [0.2, 0.25) is 0 Å². The Labute approximate surface area is 134 Å². The number of aromatic nitrogens is 1. The van der Waals surface area contributed by atoms with E-state index in [0.717, 1.165) is 5.01 Å². The van der Waals surface area contributed by atoms with E-state index in [-0.39, 0.29) is 6.09 Å². The summed E-state index contributed by atoms with van der Waals surface area (Å²) >= 11 is 1.49. The predicted octanol–water partition coefficient (Wildman–Crippen LogP) is 2.56. The molecule has 0 bridgehead atoms. The van der Waals surface area contributed by atoms with E-state index in [0.29, 0.717) is 31.9 Å². The Kier molecular flexibility index (Phi) is 5.03. The molecule has 2 rings (SSSR count). The first-order valence-electron chi connectivity index (χ1n) is 7.13. The molecule has 0 aromatic carbocycles. The molecule has 22 heavy (non-hydrogen) atoms. The van der Waals surface area contributed by atoms with Crippen LogP contribution in [0.2, 0.25) is 0 Å². The van der Waals surface area contributed by atoms with Gasteiger partial charge >= 0.3 is 6.09 Å². The van der Waals surface area contributed by atoms with E-state index in [4.69, 9.17) is 4.74 Å². The molecule has 0 atom stereocenters. The van der Waals surface area contributed by atoms with E-state index in [2.05, 4.69) is 11.1 Å². The third-order valence-corrected chi connectivity index (χ3v) is 3.82. The van der Waals surface area contributed by atoms with Crippen LogP contribution in [0, 0.1) is 11.3 Å². The molecule has 1 aliphatic heterocycles. The zero-order valence-electron chi connectivity index (χ0n) is 13.1. The van der Waals surface area contributed by atoms with Crippen molar-refractivity contribution < 1.29 is 9.53 Å². The smallest absolute Gasteiger partial charge is 0.410 e. The Morgan fingerprint density at radius 3 is 2.50 bits per heavy atom. The highest BCUT2D eigenvalue weighted by atomic mass is 32.1. The van der Waals surface area contributed by atoms with Gasteiger partial charge in [0.25, 0.3) is 0 Å². The number of hydrogen-bond donors (Lipinski definition) is 0. The number of carbonyl (C=O) groups is 1. The lowest BCUT2D eigenvalue weighted by molar-refractivity contribution is 0.0172. The number of hydrogen-bond acceptors (Lipinski definition) is 6. The lowest BCUT2D eigenvalue weighted by Gasteiger charge is -2.36. The summed E-state index contributed by atoms with van der Waals surface area (Å²) in [6, 6.07) is 2.21. The summed E-state index contributed by atoms with van der Waals surface area (Å²) in [5, 5.41) is 12.0. The van der Waals surface area contributed by atoms with Crippen molar-refractivity contribution in [3.05, 3.63) is 22.3 Å². The zero-order chi connectivity index (χ0) is 16.2. The van der Waals surface area contributed by atoms with Crippen LogP contribution in [-0.2, 0) is 4.74 Å². The van der Waals surface area contributed by atoms with Gasteiger partial charge < -0.3 is 14.5 Å². The minimum Gasteiger partial charge on any atom is -0.444 e. The molecule has 1 fully saturated rings. The maximum Gasteiger partial charge on any atom is 0.410 e. The fourth-order valence-corrected chi connectivity index (χ4v) is 2.64. The summed E-state index contributed by atoms with van der Waals surface area (Å²) in [5.41, 5.74) is 0.0929. The van der Waals surface area contributed by atoms with Crippen LogP contribution in [0.4, 0.5) is 4.79 Å². The fraction of sp³-hybridized carbons (Fsp3) is 0.533. The van der Waals surface area contributed by atoms with Gasteiger partial charge in [0.15, 0.2) is 0 Å². The average Bonchev–Trinajstić information content (AvgIpc) is 2.96. The first-order chi connectivity index (χ1) is 10.4. The lowest BCUT2D eigenvalue weighted by Crippen LogP contribution is -2.49. The normalized spacial score (nSPS) is 16.4. The van der Waals surface area contributed by atoms with Crippen LogP contribution in [0.1, 0.15) is 25.8 Å². The second-order valence-electron chi connectivity index (χ2n) is 5.97. The number of carbonyl (C=O) groups excluding carboxylic acids is 1. The summed E-state index contributed by atoms with van der Waals surface area (Å²) in [6.07, 6.45) is 3.20. The Morgan fingerprint density at radius 2 is 2.00 bits per heavy atom. The Morgan fingerprint density at radius 1 is 1.36 bits per heavy atom. The van der Waals surface area contributed by atoms with Crippen molar-refractivity contribution in [3.63, 3.8) is 0 Å². The van der Waals surface area contributed by atoms with Crippen molar-refractivity contribution in [1.82, 2.24) is 14.8 Å². The molecule has 0 radical (unpaired) electrons. The molecule has 1 aliphatic rings. The number of rotatable bonds is 2. The van der Waals surface area contributed by atoms with Crippen LogP contribution in [0.3, 0.4) is 0 Å². The number of piperazine rings is 1. The number of thiazole rings is 1. The van der Waals surface area contributed by atoms with E-state index < -0.39 is 5.60 Å². The summed E-state index contributed by atoms with van der Waals surface area (Å²) < 4.78 is 5.36. The van der Waals surface area contributed by atoms with Gasteiger partial charge in [0.1, 0.15) is 22.4 Å². The summed E-state index contributed by atoms with van der Waals surface area (Å²) in [7, 11) is 0. The van der Waals surface area contributed by atoms with E-state index >= 15 is 0 Å². The molecular weight excluding hydrogens is 300 g/mol. The number of allylic oxidation sites excluding steroid dienone is 1. The maximum absolute atomic E-state index is 12.0. The van der Waals surface area contributed by atoms with Gasteiger partial charge in [0, 0.05) is 43.8 Å². The highest BCUT2D eigenvalue weighted by Crippen LogP contribution is 2.16. The molecule has 0 aliphatic carbocycles. The third kappa shape index (κ3) is 4.46. The highest BCUT2D eigenvalue weighted by molar-refractivity contribution is 7.10. The van der Waals surface area contributed by atoms with Crippen LogP contribution in [0.5, 0.6) is 0 Å². The topological polar surface area (TPSA) is 69.5 Å². The molecule has 1 saturated heterocycles. The van der Waals surface area contributed by atoms with E-state index in [9.17, 15) is 10.1 Å². The Balaban J connectivity index is 1.94. The summed E-state index contributed by atoms with van der Waals surface area (Å²) in [6.45, 7) is 7.88. The standard InChI is InChI=1S/C15H20N4O2S/c1-15(2,3)21-14(20)19-7-5-18(6-8-19)12(11-16)10-13-17-4-9-22-13/h4,9-10H,5-8H2,1-3H3/b12-10+. The second kappa shape index (κ2) is 6.79. The van der Waals surface area contributed by atoms with Crippen molar-refractivity contribution in [2.45, 2.75) is 26.4 Å². The van der Waals surface area contributed by atoms with Gasteiger partial charge in [-0.25, -0.2) is 9.78 Å². The highest BCUT2D eigenvalue weighted by Gasteiger charge is 2.26. The summed E-state index contributed by atoms with van der Waals surface area (Å²) in [5.74, 6) is 0. The quantitative estimate of drug-likeness (QED) is 0.783. The molecule has 1 amide bonds. The molecule has 0 spiro atoms. The summed E-state index contributed by atoms with van der Waals surface area (Å²) in [4.78, 5) is 19.8. The molecule has 7 heteroatoms. The zero-order valence-corrected chi connectivity index (χ0v) is 13.9. The first kappa shape index (κ1) is 16.3. The van der Waals surface area contributed by atoms with Gasteiger partial charge in [0.05, 0.1) is 0 Å². The Hall–Kier alpha value is -2.07. The molecule has 1 aromatic rings. The predicted molar refractivity (Wildman–Crippen MR) is 85.1 cm³/mol. The largest absolute Gasteiger partial charge is 0.444 e. The molecular formula is C15H20N4O2S. The number of ether oxygens (including phenoxy) is 1. The number of nitriles is 1. The third-order valence-electron chi connectivity index (χ3n) is 3.10. The molecule has 6 nitrogen and oxygen atoms in total. The van der Waals surface area contributed by atoms with Crippen molar-refractivity contribution in [2.75, 3.05) is 26.2 Å². The average molecular weight is 320 g/mol. The van der Waals surface area contributed by atoms with Crippen LogP contribution in [0.15, 0.2) is 17.3 Å². The SMILES string of the molecule is CC(C)(C)OC(=O)N1CCN(/C(C#N)=C/c2nccs2)CC1. The van der Waals surface area contributed by atoms with Gasteiger partial charge in [-0.15, -0.1) is 11.3 Å². The monoisotopic (exact) mass is 320 g/mol. The molecule has 0 unspecified atom stereocenters. The first-order valence-corrected chi connectivity index (χ1v) is 8.01. The van der Waals surface area contributed by atoms with Crippen molar-refractivity contribution >= 4 is 23.5 Å². The van der Waals surface area contributed by atoms with Crippen LogP contribution in [0.25, 0.3) is 6.08 Å². The molecule has 0 saturated carbocycles. The van der Waals surface area contributed by atoms with Gasteiger partial charge in [-0.2, -0.15) is 5.26 Å². The van der Waals surface area contributed by atoms with E-state index in [1.54, 1.807) is 17.2 Å². The Bertz CT molecular complexity index is 576. The number of nitrogens with zero attached hydrogens (tertiary/aromatic N) is 4. The van der Waals surface area contributed by atoms with Crippen LogP contribution in [-0.4, -0.2) is 52.7 Å². The second-order valence-corrected chi connectivity index (χ2v) is 6.89. The molecule has 2 heterocycles. The van der Waals surface area contributed by atoms with Gasteiger partial charge in [-0.1, -0.05) is 0 Å². The fourth-order valence-electron chi connectivity index (χ4n) is 2.07. The van der Waals surface area contributed by atoms with Gasteiger partial charge in [-0.05, 0) is 20.8 Å². The molecule has 0 N–H and O–H groups in total. The van der Waals surface area contributed by atoms with Crippen LogP contribution < -0.4 is 0 Å². The maximum atomic E-state index is 12.0. The lowest BCUT2D eigenvalue weighted by atomic mass is 10.2. The number of amides is 1. The minimum absolute atomic E-state index is 0.297. The van der Waals surface area contributed by atoms with Gasteiger partial charge in [-0.3, -0.25) is 0 Å².